The second kappa shape index (κ2) is 6.25. The molecule has 0 aliphatic heterocycles. The average Bonchev–Trinajstić information content (AvgIpc) is 2.90. The summed E-state index contributed by atoms with van der Waals surface area (Å²) in [5.41, 5.74) is 3.43. The van der Waals surface area contributed by atoms with Crippen molar-refractivity contribution in [1.82, 2.24) is 19.7 Å². The van der Waals surface area contributed by atoms with Gasteiger partial charge in [0, 0.05) is 0 Å². The van der Waals surface area contributed by atoms with Gasteiger partial charge in [-0.25, -0.2) is 14.6 Å². The van der Waals surface area contributed by atoms with Gasteiger partial charge < -0.3 is 4.74 Å². The fourth-order valence-corrected chi connectivity index (χ4v) is 2.65. The molecule has 0 spiro atoms. The molecule has 0 radical (unpaired) electrons. The van der Waals surface area contributed by atoms with Crippen molar-refractivity contribution < 1.29 is 9.53 Å². The summed E-state index contributed by atoms with van der Waals surface area (Å²) in [5.74, 6) is 0.417. The van der Waals surface area contributed by atoms with Gasteiger partial charge in [0.2, 0.25) is 0 Å². The maximum Gasteiger partial charge on any atom is 0.327 e. The quantitative estimate of drug-likeness (QED) is 0.812. The molecule has 2 aromatic heterocycles. The Labute approximate surface area is 129 Å². The number of carbonyl (C=O) groups is 1. The zero-order valence-corrected chi connectivity index (χ0v) is 13.0. The monoisotopic (exact) mass is 300 g/mol. The van der Waals surface area contributed by atoms with Crippen molar-refractivity contribution in [2.24, 2.45) is 5.92 Å². The number of hydrogen-bond donors (Lipinski definition) is 0. The molecule has 22 heavy (non-hydrogen) atoms. The van der Waals surface area contributed by atoms with E-state index < -0.39 is 0 Å². The SMILES string of the molecule is CCOC(=O)Cn1ncc2ncc(C3=CCC(C)CC3)nc21. The van der Waals surface area contributed by atoms with Crippen LogP contribution < -0.4 is 0 Å². The third kappa shape index (κ3) is 3.00. The van der Waals surface area contributed by atoms with Crippen LogP contribution in [0.1, 0.15) is 38.8 Å². The summed E-state index contributed by atoms with van der Waals surface area (Å²) in [6.45, 7) is 4.47. The van der Waals surface area contributed by atoms with Crippen molar-refractivity contribution in [3.05, 3.63) is 24.2 Å². The lowest BCUT2D eigenvalue weighted by Crippen LogP contribution is -2.15. The fourth-order valence-electron chi connectivity index (χ4n) is 2.65. The van der Waals surface area contributed by atoms with Crippen LogP contribution in [0.15, 0.2) is 18.5 Å². The number of rotatable bonds is 4. The molecule has 0 saturated heterocycles. The highest BCUT2D eigenvalue weighted by Gasteiger charge is 2.15. The molecule has 1 unspecified atom stereocenters. The minimum Gasteiger partial charge on any atom is -0.465 e. The summed E-state index contributed by atoms with van der Waals surface area (Å²) in [5, 5.41) is 4.19. The molecular weight excluding hydrogens is 280 g/mol. The second-order valence-electron chi connectivity index (χ2n) is 5.68. The number of ether oxygens (including phenoxy) is 1. The molecule has 1 atom stereocenters. The van der Waals surface area contributed by atoms with E-state index in [2.05, 4.69) is 28.1 Å². The van der Waals surface area contributed by atoms with Crippen molar-refractivity contribution in [3.8, 4) is 0 Å². The summed E-state index contributed by atoms with van der Waals surface area (Å²) < 4.78 is 6.51. The summed E-state index contributed by atoms with van der Waals surface area (Å²) >= 11 is 0. The van der Waals surface area contributed by atoms with Gasteiger partial charge in [-0.1, -0.05) is 13.0 Å². The largest absolute Gasteiger partial charge is 0.465 e. The molecule has 6 heteroatoms. The number of fused-ring (bicyclic) bond motifs is 1. The van der Waals surface area contributed by atoms with Crippen LogP contribution in [0.4, 0.5) is 0 Å². The highest BCUT2D eigenvalue weighted by Crippen LogP contribution is 2.29. The molecule has 116 valence electrons. The summed E-state index contributed by atoms with van der Waals surface area (Å²) in [6, 6.07) is 0. The number of nitrogens with zero attached hydrogens (tertiary/aromatic N) is 4. The number of aromatic nitrogens is 4. The maximum absolute atomic E-state index is 11.6. The van der Waals surface area contributed by atoms with Crippen LogP contribution in [0.2, 0.25) is 0 Å². The minimum absolute atomic E-state index is 0.0611. The minimum atomic E-state index is -0.314. The zero-order valence-electron chi connectivity index (χ0n) is 13.0. The van der Waals surface area contributed by atoms with Crippen LogP contribution in [0.5, 0.6) is 0 Å². The Morgan fingerprint density at radius 1 is 1.45 bits per heavy atom. The first-order chi connectivity index (χ1) is 10.7. The Kier molecular flexibility index (Phi) is 4.18. The van der Waals surface area contributed by atoms with Gasteiger partial charge >= 0.3 is 5.97 Å². The van der Waals surface area contributed by atoms with Crippen LogP contribution in [-0.4, -0.2) is 32.3 Å². The van der Waals surface area contributed by atoms with E-state index in [0.29, 0.717) is 17.8 Å². The lowest BCUT2D eigenvalue weighted by atomic mass is 9.90. The number of hydrogen-bond acceptors (Lipinski definition) is 5. The van der Waals surface area contributed by atoms with Gasteiger partial charge in [-0.05, 0) is 37.7 Å². The zero-order chi connectivity index (χ0) is 15.5. The van der Waals surface area contributed by atoms with E-state index in [1.54, 1.807) is 24.0 Å². The Morgan fingerprint density at radius 2 is 2.32 bits per heavy atom. The molecule has 6 nitrogen and oxygen atoms in total. The normalized spacial score (nSPS) is 18.3. The molecule has 0 bridgehead atoms. The standard InChI is InChI=1S/C16H20N4O2/c1-3-22-15(21)10-20-16-14(9-18-20)17-8-13(19-16)12-6-4-11(2)5-7-12/h6,8-9,11H,3-5,7,10H2,1-2H3. The van der Waals surface area contributed by atoms with Gasteiger partial charge in [-0.15, -0.1) is 0 Å². The molecule has 0 fully saturated rings. The van der Waals surface area contributed by atoms with Gasteiger partial charge in [0.05, 0.1) is 24.7 Å². The van der Waals surface area contributed by atoms with Crippen LogP contribution in [0.3, 0.4) is 0 Å². The number of allylic oxidation sites excluding steroid dienone is 2. The highest BCUT2D eigenvalue weighted by molar-refractivity contribution is 5.76. The summed E-state index contributed by atoms with van der Waals surface area (Å²) in [7, 11) is 0. The molecule has 0 N–H and O–H groups in total. The lowest BCUT2D eigenvalue weighted by Gasteiger charge is -2.17. The molecule has 0 aromatic carbocycles. The van der Waals surface area contributed by atoms with Gasteiger partial charge in [0.25, 0.3) is 0 Å². The van der Waals surface area contributed by atoms with E-state index in [1.165, 1.54) is 12.0 Å². The molecule has 2 heterocycles. The van der Waals surface area contributed by atoms with Crippen LogP contribution in [0, 0.1) is 5.92 Å². The van der Waals surface area contributed by atoms with E-state index in [1.807, 2.05) is 0 Å². The molecule has 2 aromatic rings. The van der Waals surface area contributed by atoms with Crippen LogP contribution in [-0.2, 0) is 16.1 Å². The van der Waals surface area contributed by atoms with Gasteiger partial charge in [-0.3, -0.25) is 4.79 Å². The Hall–Kier alpha value is -2.24. The summed E-state index contributed by atoms with van der Waals surface area (Å²) in [4.78, 5) is 20.7. The molecule has 1 aliphatic rings. The third-order valence-corrected chi connectivity index (χ3v) is 3.93. The maximum atomic E-state index is 11.6. The van der Waals surface area contributed by atoms with Crippen molar-refractivity contribution >= 4 is 22.7 Å². The van der Waals surface area contributed by atoms with E-state index in [0.717, 1.165) is 24.5 Å². The third-order valence-electron chi connectivity index (χ3n) is 3.93. The molecule has 0 saturated carbocycles. The van der Waals surface area contributed by atoms with Crippen LogP contribution in [0.25, 0.3) is 16.7 Å². The highest BCUT2D eigenvalue weighted by atomic mass is 16.5. The molecule has 1 aliphatic carbocycles. The van der Waals surface area contributed by atoms with E-state index in [-0.39, 0.29) is 12.5 Å². The van der Waals surface area contributed by atoms with Crippen molar-refractivity contribution in [3.63, 3.8) is 0 Å². The first-order valence-corrected chi connectivity index (χ1v) is 7.71. The average molecular weight is 300 g/mol. The lowest BCUT2D eigenvalue weighted by molar-refractivity contribution is -0.143. The fraction of sp³-hybridized carbons (Fsp3) is 0.500. The second-order valence-corrected chi connectivity index (χ2v) is 5.68. The Balaban J connectivity index is 1.90. The van der Waals surface area contributed by atoms with Crippen LogP contribution >= 0.6 is 0 Å². The predicted molar refractivity (Wildman–Crippen MR) is 82.9 cm³/mol. The van der Waals surface area contributed by atoms with E-state index >= 15 is 0 Å². The van der Waals surface area contributed by atoms with Gasteiger partial charge in [0.15, 0.2) is 5.65 Å². The Bertz CT molecular complexity index is 720. The Morgan fingerprint density at radius 3 is 3.05 bits per heavy atom. The van der Waals surface area contributed by atoms with Crippen molar-refractivity contribution in [1.29, 1.82) is 0 Å². The number of esters is 1. The molecular formula is C16H20N4O2. The smallest absolute Gasteiger partial charge is 0.327 e. The van der Waals surface area contributed by atoms with Gasteiger partial charge in [-0.2, -0.15) is 5.10 Å². The first kappa shape index (κ1) is 14.7. The van der Waals surface area contributed by atoms with Crippen molar-refractivity contribution in [2.75, 3.05) is 6.61 Å². The molecule has 0 amide bonds. The first-order valence-electron chi connectivity index (χ1n) is 7.71. The number of carbonyl (C=O) groups excluding carboxylic acids is 1. The van der Waals surface area contributed by atoms with Gasteiger partial charge in [0.1, 0.15) is 12.1 Å². The van der Waals surface area contributed by atoms with E-state index in [4.69, 9.17) is 4.74 Å². The predicted octanol–water partition coefficient (Wildman–Crippen LogP) is 2.59. The van der Waals surface area contributed by atoms with E-state index in [9.17, 15) is 4.79 Å². The topological polar surface area (TPSA) is 69.9 Å². The molecule has 3 rings (SSSR count). The van der Waals surface area contributed by atoms with Crippen molar-refractivity contribution in [2.45, 2.75) is 39.7 Å². The summed E-state index contributed by atoms with van der Waals surface area (Å²) in [6.07, 6.45) is 8.94.